The molecule has 0 spiro atoms. The number of nitrogens with one attached hydrogen (secondary N) is 2. The number of halogens is 1. The highest BCUT2D eigenvalue weighted by Crippen LogP contribution is 2.47. The fraction of sp³-hybridized carbons (Fsp3) is 0.400. The summed E-state index contributed by atoms with van der Waals surface area (Å²) in [6.07, 6.45) is 4.04. The maximum Gasteiger partial charge on any atom is 0.256 e. The lowest BCUT2D eigenvalue weighted by molar-refractivity contribution is 0.0930. The van der Waals surface area contributed by atoms with Crippen LogP contribution in [0.3, 0.4) is 0 Å². The van der Waals surface area contributed by atoms with Gasteiger partial charge in [-0.1, -0.05) is 55.3 Å². The van der Waals surface area contributed by atoms with Crippen LogP contribution in [0.4, 0.5) is 5.00 Å². The molecule has 0 radical (unpaired) electrons. The number of fused-ring (bicyclic) bond motifs is 3. The zero-order chi connectivity index (χ0) is 21.8. The van der Waals surface area contributed by atoms with Gasteiger partial charge in [0.1, 0.15) is 16.5 Å². The van der Waals surface area contributed by atoms with Gasteiger partial charge in [-0.05, 0) is 60.4 Å². The molecule has 1 aliphatic heterocycles. The molecule has 2 aromatic heterocycles. The third-order valence-corrected chi connectivity index (χ3v) is 8.81. The van der Waals surface area contributed by atoms with Crippen molar-refractivity contribution in [3.63, 3.8) is 0 Å². The predicted octanol–water partition coefficient (Wildman–Crippen LogP) is 7.17. The summed E-state index contributed by atoms with van der Waals surface area (Å²) in [6.45, 7) is 7.02. The molecule has 0 saturated carbocycles. The summed E-state index contributed by atoms with van der Waals surface area (Å²) in [6, 6.07) is 11.9. The summed E-state index contributed by atoms with van der Waals surface area (Å²) in [5, 5.41) is 7.62. The van der Waals surface area contributed by atoms with E-state index in [0.29, 0.717) is 17.1 Å². The van der Waals surface area contributed by atoms with Crippen molar-refractivity contribution in [3.8, 4) is 11.3 Å². The molecule has 0 unspecified atom stereocenters. The van der Waals surface area contributed by atoms with Gasteiger partial charge in [-0.2, -0.15) is 0 Å². The number of rotatable bonds is 4. The number of furan rings is 1. The smallest absolute Gasteiger partial charge is 0.256 e. The summed E-state index contributed by atoms with van der Waals surface area (Å²) < 4.78 is 7.13. The molecule has 3 aromatic rings. The molecule has 6 heteroatoms. The number of thiophene rings is 1. The maximum absolute atomic E-state index is 13.1. The minimum atomic E-state index is -0.354. The van der Waals surface area contributed by atoms with Crippen LogP contribution in [-0.4, -0.2) is 5.91 Å². The summed E-state index contributed by atoms with van der Waals surface area (Å²) in [7, 11) is 0. The van der Waals surface area contributed by atoms with Crippen molar-refractivity contribution in [2.45, 2.75) is 52.6 Å². The van der Waals surface area contributed by atoms with Gasteiger partial charge in [0.2, 0.25) is 0 Å². The molecular weight excluding hydrogens is 472 g/mol. The molecule has 0 bridgehead atoms. The summed E-state index contributed by atoms with van der Waals surface area (Å²) in [4.78, 5) is 14.4. The Kier molecular flexibility index (Phi) is 5.25. The Morgan fingerprint density at radius 2 is 1.94 bits per heavy atom. The van der Waals surface area contributed by atoms with Crippen molar-refractivity contribution >= 4 is 38.2 Å². The topological polar surface area (TPSA) is 54.3 Å². The molecular formula is C25H27BrN2O2S. The van der Waals surface area contributed by atoms with Gasteiger partial charge in [-0.3, -0.25) is 4.79 Å². The average molecular weight is 499 g/mol. The van der Waals surface area contributed by atoms with Gasteiger partial charge < -0.3 is 15.1 Å². The lowest BCUT2D eigenvalue weighted by atomic mass is 9.69. The first-order valence-electron chi connectivity index (χ1n) is 10.9. The molecule has 3 heterocycles. The molecule has 5 rings (SSSR count). The van der Waals surface area contributed by atoms with E-state index in [2.05, 4.69) is 47.3 Å². The number of carbonyl (C=O) groups excluding carboxylic acids is 1. The van der Waals surface area contributed by atoms with Crippen LogP contribution in [0, 0.1) is 11.3 Å². The van der Waals surface area contributed by atoms with Crippen LogP contribution in [0.1, 0.15) is 66.3 Å². The van der Waals surface area contributed by atoms with E-state index in [9.17, 15) is 4.79 Å². The Balaban J connectivity index is 1.40. The molecule has 2 atom stereocenters. The molecule has 0 fully saturated rings. The maximum atomic E-state index is 13.1. The highest BCUT2D eigenvalue weighted by atomic mass is 79.9. The van der Waals surface area contributed by atoms with Crippen LogP contribution in [0.15, 0.2) is 45.3 Å². The van der Waals surface area contributed by atoms with E-state index in [1.165, 1.54) is 16.9 Å². The first-order chi connectivity index (χ1) is 14.9. The predicted molar refractivity (Wildman–Crippen MR) is 130 cm³/mol. The van der Waals surface area contributed by atoms with E-state index in [1.807, 2.05) is 36.4 Å². The number of carbonyl (C=O) groups is 1. The lowest BCUT2D eigenvalue weighted by Crippen LogP contribution is -2.38. The molecule has 2 aliphatic rings. The van der Waals surface area contributed by atoms with Crippen molar-refractivity contribution in [2.24, 2.45) is 11.3 Å². The van der Waals surface area contributed by atoms with Gasteiger partial charge in [-0.25, -0.2) is 0 Å². The first-order valence-corrected chi connectivity index (χ1v) is 12.5. The Morgan fingerprint density at radius 3 is 2.68 bits per heavy atom. The molecule has 1 amide bonds. The van der Waals surface area contributed by atoms with E-state index in [0.717, 1.165) is 45.6 Å². The van der Waals surface area contributed by atoms with Gasteiger partial charge in [0.05, 0.1) is 5.56 Å². The molecule has 4 nitrogen and oxygen atoms in total. The second kappa shape index (κ2) is 7.82. The number of hydrogen-bond acceptors (Lipinski definition) is 4. The minimum absolute atomic E-state index is 0.00560. The first kappa shape index (κ1) is 20.8. The van der Waals surface area contributed by atoms with Crippen LogP contribution in [0.2, 0.25) is 0 Å². The van der Waals surface area contributed by atoms with Crippen molar-refractivity contribution < 1.29 is 9.21 Å². The van der Waals surface area contributed by atoms with Crippen LogP contribution in [-0.2, 0) is 12.8 Å². The zero-order valence-electron chi connectivity index (χ0n) is 18.0. The van der Waals surface area contributed by atoms with E-state index in [-0.39, 0.29) is 12.1 Å². The Hall–Kier alpha value is -2.05. The Bertz CT molecular complexity index is 1130. The fourth-order valence-electron chi connectivity index (χ4n) is 4.67. The van der Waals surface area contributed by atoms with Crippen LogP contribution in [0.25, 0.3) is 11.3 Å². The number of amides is 1. The van der Waals surface area contributed by atoms with Crippen molar-refractivity contribution in [3.05, 3.63) is 62.6 Å². The highest BCUT2D eigenvalue weighted by Gasteiger charge is 2.37. The molecule has 1 aliphatic carbocycles. The van der Waals surface area contributed by atoms with E-state index < -0.39 is 0 Å². The number of hydrogen-bond donors (Lipinski definition) is 2. The quantitative estimate of drug-likeness (QED) is 0.400. The average Bonchev–Trinajstić information content (AvgIpc) is 3.38. The summed E-state index contributed by atoms with van der Waals surface area (Å²) in [5.74, 6) is 2.18. The number of benzene rings is 1. The van der Waals surface area contributed by atoms with Crippen molar-refractivity contribution in [1.82, 2.24) is 5.32 Å². The fourth-order valence-corrected chi connectivity index (χ4v) is 6.29. The molecule has 2 N–H and O–H groups in total. The third-order valence-electron chi connectivity index (χ3n) is 7.10. The van der Waals surface area contributed by atoms with Crippen LogP contribution < -0.4 is 10.6 Å². The Labute approximate surface area is 195 Å². The molecule has 0 saturated heterocycles. The highest BCUT2D eigenvalue weighted by molar-refractivity contribution is 9.10. The zero-order valence-corrected chi connectivity index (χ0v) is 20.5. The minimum Gasteiger partial charge on any atom is -0.457 e. The van der Waals surface area contributed by atoms with E-state index >= 15 is 0 Å². The SMILES string of the molecule is CCC(C)(C)[C@@H]1CCc2c(sc3c2C(=O)N[C@H](c2ccc(-c4ccc(Br)cc4)o2)N3)C1. The van der Waals surface area contributed by atoms with Crippen molar-refractivity contribution in [2.75, 3.05) is 5.32 Å². The molecule has 162 valence electrons. The standard InChI is InChI=1S/C25H27BrN2O2S/c1-4-25(2,3)15-7-10-17-20(13-15)31-24-21(17)23(29)27-22(28-24)19-12-11-18(30-19)14-5-8-16(26)9-6-14/h5-6,8-9,11-12,15,22,28H,4,7,10,13H2,1-3H3,(H,27,29)/t15-,22+/m1/s1. The van der Waals surface area contributed by atoms with Gasteiger partial charge in [-0.15, -0.1) is 11.3 Å². The van der Waals surface area contributed by atoms with Crippen molar-refractivity contribution in [1.29, 1.82) is 0 Å². The molecule has 1 aromatic carbocycles. The third kappa shape index (κ3) is 3.74. The number of anilines is 1. The molecule has 31 heavy (non-hydrogen) atoms. The van der Waals surface area contributed by atoms with Gasteiger partial charge in [0, 0.05) is 14.9 Å². The lowest BCUT2D eigenvalue weighted by Gasteiger charge is -2.36. The van der Waals surface area contributed by atoms with Crippen LogP contribution in [0.5, 0.6) is 0 Å². The van der Waals surface area contributed by atoms with Gasteiger partial charge in [0.15, 0.2) is 6.17 Å². The van der Waals surface area contributed by atoms with E-state index in [4.69, 9.17) is 4.42 Å². The monoisotopic (exact) mass is 498 g/mol. The summed E-state index contributed by atoms with van der Waals surface area (Å²) >= 11 is 5.22. The second-order valence-electron chi connectivity index (χ2n) is 9.25. The van der Waals surface area contributed by atoms with Gasteiger partial charge >= 0.3 is 0 Å². The van der Waals surface area contributed by atoms with Crippen LogP contribution >= 0.6 is 27.3 Å². The Morgan fingerprint density at radius 1 is 1.16 bits per heavy atom. The van der Waals surface area contributed by atoms with Gasteiger partial charge in [0.25, 0.3) is 5.91 Å². The van der Waals surface area contributed by atoms with E-state index in [1.54, 1.807) is 11.3 Å². The summed E-state index contributed by atoms with van der Waals surface area (Å²) in [5.41, 5.74) is 3.44. The largest absolute Gasteiger partial charge is 0.457 e. The normalized spacial score (nSPS) is 20.6. The second-order valence-corrected chi connectivity index (χ2v) is 11.3.